The molecule has 0 bridgehead atoms. The first-order valence-corrected chi connectivity index (χ1v) is 9.75. The number of para-hydroxylation sites is 1. The van der Waals surface area contributed by atoms with Crippen LogP contribution in [0.1, 0.15) is 29.8 Å². The summed E-state index contributed by atoms with van der Waals surface area (Å²) < 4.78 is 33.3. The molecule has 1 aliphatic heterocycles. The SMILES string of the molecule is COc1cc(Br)ccc1[C@@H]1c2[nH]c3ccccc3c2C[C@@H](C)N1CC(F)F. The molecule has 0 aliphatic carbocycles. The van der Waals surface area contributed by atoms with Gasteiger partial charge < -0.3 is 9.72 Å². The number of alkyl halides is 2. The second kappa shape index (κ2) is 7.24. The molecule has 0 unspecified atom stereocenters. The van der Waals surface area contributed by atoms with Crippen molar-refractivity contribution in [2.24, 2.45) is 0 Å². The van der Waals surface area contributed by atoms with Gasteiger partial charge in [-0.25, -0.2) is 8.78 Å². The average molecular weight is 435 g/mol. The summed E-state index contributed by atoms with van der Waals surface area (Å²) in [5, 5.41) is 1.16. The largest absolute Gasteiger partial charge is 0.496 e. The fourth-order valence-electron chi connectivity index (χ4n) is 4.20. The molecule has 1 aliphatic rings. The lowest BCUT2D eigenvalue weighted by atomic mass is 9.88. The molecule has 1 aromatic heterocycles. The summed E-state index contributed by atoms with van der Waals surface area (Å²) in [5.41, 5.74) is 4.12. The fraction of sp³-hybridized carbons (Fsp3) is 0.333. The Morgan fingerprint density at radius 2 is 2.04 bits per heavy atom. The van der Waals surface area contributed by atoms with Gasteiger partial charge in [0.25, 0.3) is 6.43 Å². The number of nitrogens with zero attached hydrogens (tertiary/aromatic N) is 1. The first kappa shape index (κ1) is 18.4. The lowest BCUT2D eigenvalue weighted by Crippen LogP contribution is -2.45. The van der Waals surface area contributed by atoms with Gasteiger partial charge in [-0.2, -0.15) is 0 Å². The number of benzene rings is 2. The summed E-state index contributed by atoms with van der Waals surface area (Å²) >= 11 is 3.47. The molecule has 27 heavy (non-hydrogen) atoms. The van der Waals surface area contributed by atoms with E-state index >= 15 is 0 Å². The molecule has 0 saturated heterocycles. The van der Waals surface area contributed by atoms with Crippen LogP contribution in [-0.4, -0.2) is 36.0 Å². The van der Waals surface area contributed by atoms with Gasteiger partial charge in [-0.15, -0.1) is 0 Å². The van der Waals surface area contributed by atoms with E-state index in [1.807, 2.05) is 48.2 Å². The third-order valence-electron chi connectivity index (χ3n) is 5.36. The minimum absolute atomic E-state index is 0.0101. The molecule has 4 rings (SSSR count). The lowest BCUT2D eigenvalue weighted by molar-refractivity contribution is 0.0450. The third kappa shape index (κ3) is 3.25. The van der Waals surface area contributed by atoms with E-state index in [2.05, 4.69) is 27.0 Å². The molecular weight excluding hydrogens is 414 g/mol. The van der Waals surface area contributed by atoms with Gasteiger partial charge in [0.2, 0.25) is 0 Å². The first-order chi connectivity index (χ1) is 13.0. The standard InChI is InChI=1S/C21H21BrF2N2O/c1-12-9-16-14-5-3-4-6-17(14)25-20(16)21(26(12)11-19(23)24)15-8-7-13(22)10-18(15)27-2/h3-8,10,12,19,21,25H,9,11H2,1-2H3/t12-,21-/m1/s1. The van der Waals surface area contributed by atoms with E-state index in [1.165, 1.54) is 5.56 Å². The van der Waals surface area contributed by atoms with Crippen molar-refractivity contribution in [3.05, 3.63) is 63.8 Å². The van der Waals surface area contributed by atoms with Crippen LogP contribution in [0.4, 0.5) is 8.78 Å². The number of rotatable bonds is 4. The summed E-state index contributed by atoms with van der Waals surface area (Å²) in [5.74, 6) is 0.687. The van der Waals surface area contributed by atoms with Crippen LogP contribution in [0.5, 0.6) is 5.75 Å². The van der Waals surface area contributed by atoms with Crippen LogP contribution in [0, 0.1) is 0 Å². The van der Waals surface area contributed by atoms with Gasteiger partial charge in [0.05, 0.1) is 19.7 Å². The molecule has 2 heterocycles. The zero-order valence-corrected chi connectivity index (χ0v) is 16.8. The summed E-state index contributed by atoms with van der Waals surface area (Å²) in [4.78, 5) is 5.38. The number of nitrogens with one attached hydrogen (secondary N) is 1. The van der Waals surface area contributed by atoms with E-state index < -0.39 is 6.43 Å². The Morgan fingerprint density at radius 1 is 1.26 bits per heavy atom. The molecule has 3 nitrogen and oxygen atoms in total. The second-order valence-electron chi connectivity index (χ2n) is 6.99. The average Bonchev–Trinajstić information content (AvgIpc) is 3.00. The number of hydrogen-bond acceptors (Lipinski definition) is 2. The number of fused-ring (bicyclic) bond motifs is 3. The highest BCUT2D eigenvalue weighted by Crippen LogP contribution is 2.44. The molecule has 0 radical (unpaired) electrons. The van der Waals surface area contributed by atoms with E-state index in [9.17, 15) is 8.78 Å². The van der Waals surface area contributed by atoms with Crippen LogP contribution in [0.3, 0.4) is 0 Å². The summed E-state index contributed by atoms with van der Waals surface area (Å²) in [6.07, 6.45) is -1.66. The minimum atomic E-state index is -2.40. The van der Waals surface area contributed by atoms with Crippen LogP contribution in [0.15, 0.2) is 46.9 Å². The number of ether oxygens (including phenoxy) is 1. The molecule has 0 amide bonds. The maximum atomic E-state index is 13.4. The van der Waals surface area contributed by atoms with Crippen molar-refractivity contribution in [3.63, 3.8) is 0 Å². The Morgan fingerprint density at radius 3 is 2.78 bits per heavy atom. The van der Waals surface area contributed by atoms with Crippen molar-refractivity contribution in [2.75, 3.05) is 13.7 Å². The van der Waals surface area contributed by atoms with Gasteiger partial charge in [0, 0.05) is 32.7 Å². The van der Waals surface area contributed by atoms with Gasteiger partial charge >= 0.3 is 0 Å². The van der Waals surface area contributed by atoms with E-state index in [1.54, 1.807) is 7.11 Å². The van der Waals surface area contributed by atoms with Gasteiger partial charge in [-0.3, -0.25) is 4.90 Å². The van der Waals surface area contributed by atoms with Crippen molar-refractivity contribution in [3.8, 4) is 5.75 Å². The Kier molecular flexibility index (Phi) is 4.95. The van der Waals surface area contributed by atoms with Crippen LogP contribution in [0.25, 0.3) is 10.9 Å². The maximum absolute atomic E-state index is 13.4. The molecule has 1 N–H and O–H groups in total. The monoisotopic (exact) mass is 434 g/mol. The summed E-state index contributed by atoms with van der Waals surface area (Å²) in [6.45, 7) is 1.74. The number of halogens is 3. The van der Waals surface area contributed by atoms with Crippen LogP contribution >= 0.6 is 15.9 Å². The Balaban J connectivity index is 1.94. The number of H-pyrrole nitrogens is 1. The lowest BCUT2D eigenvalue weighted by Gasteiger charge is -2.41. The number of hydrogen-bond donors (Lipinski definition) is 1. The van der Waals surface area contributed by atoms with Crippen molar-refractivity contribution >= 4 is 26.8 Å². The van der Waals surface area contributed by atoms with Crippen LogP contribution in [-0.2, 0) is 6.42 Å². The highest BCUT2D eigenvalue weighted by Gasteiger charge is 2.38. The third-order valence-corrected chi connectivity index (χ3v) is 5.85. The number of aromatic nitrogens is 1. The highest BCUT2D eigenvalue weighted by atomic mass is 79.9. The fourth-order valence-corrected chi connectivity index (χ4v) is 4.54. The molecular formula is C21H21BrF2N2O. The zero-order valence-electron chi connectivity index (χ0n) is 15.2. The molecule has 2 atom stereocenters. The topological polar surface area (TPSA) is 28.3 Å². The molecule has 0 saturated carbocycles. The quantitative estimate of drug-likeness (QED) is 0.583. The van der Waals surface area contributed by atoms with Gasteiger partial charge in [0.1, 0.15) is 5.75 Å². The normalized spacial score (nSPS) is 20.2. The van der Waals surface area contributed by atoms with Crippen molar-refractivity contribution < 1.29 is 13.5 Å². The van der Waals surface area contributed by atoms with Crippen LogP contribution < -0.4 is 4.74 Å². The van der Waals surface area contributed by atoms with Gasteiger partial charge in [0.15, 0.2) is 0 Å². The van der Waals surface area contributed by atoms with E-state index in [0.717, 1.165) is 33.1 Å². The molecule has 142 valence electrons. The predicted octanol–water partition coefficient (Wildman–Crippen LogP) is 5.54. The minimum Gasteiger partial charge on any atom is -0.496 e. The van der Waals surface area contributed by atoms with E-state index in [0.29, 0.717) is 5.75 Å². The van der Waals surface area contributed by atoms with Crippen molar-refractivity contribution in [1.29, 1.82) is 0 Å². The maximum Gasteiger partial charge on any atom is 0.251 e. The van der Waals surface area contributed by atoms with Gasteiger partial charge in [-0.1, -0.05) is 40.2 Å². The number of methoxy groups -OCH3 is 1. The Hall–Kier alpha value is -1.92. The first-order valence-electron chi connectivity index (χ1n) is 8.96. The Labute approximate surface area is 165 Å². The Bertz CT molecular complexity index is 972. The molecule has 6 heteroatoms. The molecule has 0 fully saturated rings. The second-order valence-corrected chi connectivity index (χ2v) is 7.91. The predicted molar refractivity (Wildman–Crippen MR) is 107 cm³/mol. The molecule has 3 aromatic rings. The summed E-state index contributed by atoms with van der Waals surface area (Å²) in [7, 11) is 1.61. The summed E-state index contributed by atoms with van der Waals surface area (Å²) in [6, 6.07) is 13.6. The van der Waals surface area contributed by atoms with Crippen molar-refractivity contribution in [1.82, 2.24) is 9.88 Å². The molecule has 0 spiro atoms. The van der Waals surface area contributed by atoms with Crippen LogP contribution in [0.2, 0.25) is 0 Å². The van der Waals surface area contributed by atoms with Crippen molar-refractivity contribution in [2.45, 2.75) is 31.9 Å². The number of aromatic amines is 1. The molecule has 2 aromatic carbocycles. The highest BCUT2D eigenvalue weighted by molar-refractivity contribution is 9.10. The van der Waals surface area contributed by atoms with Gasteiger partial charge in [-0.05, 0) is 37.1 Å². The zero-order chi connectivity index (χ0) is 19.1. The smallest absolute Gasteiger partial charge is 0.251 e. The van der Waals surface area contributed by atoms with E-state index in [-0.39, 0.29) is 18.6 Å². The van der Waals surface area contributed by atoms with E-state index in [4.69, 9.17) is 4.74 Å².